The quantitative estimate of drug-likeness (QED) is 0.533. The van der Waals surface area contributed by atoms with E-state index in [0.717, 1.165) is 6.61 Å². The summed E-state index contributed by atoms with van der Waals surface area (Å²) in [5.41, 5.74) is 0. The molecule has 1 saturated carbocycles. The van der Waals surface area contributed by atoms with E-state index >= 15 is 0 Å². The van der Waals surface area contributed by atoms with Crippen LogP contribution in [0.5, 0.6) is 0 Å². The fraction of sp³-hybridized carbons (Fsp3) is 1.00. The SMILES string of the molecule is CCOC1CCCC1. The number of hydrogen-bond acceptors (Lipinski definition) is 1. The summed E-state index contributed by atoms with van der Waals surface area (Å²) in [4.78, 5) is 0. The van der Waals surface area contributed by atoms with Crippen molar-refractivity contribution < 1.29 is 4.74 Å². The molecule has 0 radical (unpaired) electrons. The van der Waals surface area contributed by atoms with Crippen molar-refractivity contribution in [2.24, 2.45) is 0 Å². The molecule has 0 saturated heterocycles. The molecule has 0 atom stereocenters. The van der Waals surface area contributed by atoms with Crippen molar-refractivity contribution in [3.63, 3.8) is 0 Å². The molecule has 0 aliphatic heterocycles. The summed E-state index contributed by atoms with van der Waals surface area (Å²) in [5.74, 6) is 0. The van der Waals surface area contributed by atoms with Crippen molar-refractivity contribution in [1.82, 2.24) is 0 Å². The van der Waals surface area contributed by atoms with Gasteiger partial charge >= 0.3 is 0 Å². The van der Waals surface area contributed by atoms with Crippen molar-refractivity contribution in [2.75, 3.05) is 6.61 Å². The molecule has 0 N–H and O–H groups in total. The van der Waals surface area contributed by atoms with E-state index in [4.69, 9.17) is 4.74 Å². The standard InChI is InChI=1S/C7H14O/c1-2-8-7-5-3-4-6-7/h7H,2-6H2,1H3. The second-order valence-corrected chi connectivity index (χ2v) is 2.36. The molecule has 0 aromatic heterocycles. The van der Waals surface area contributed by atoms with Gasteiger partial charge in [0.1, 0.15) is 0 Å². The van der Waals surface area contributed by atoms with Crippen LogP contribution in [0.25, 0.3) is 0 Å². The number of hydrogen-bond donors (Lipinski definition) is 0. The van der Waals surface area contributed by atoms with Gasteiger partial charge in [0, 0.05) is 6.61 Å². The van der Waals surface area contributed by atoms with Crippen LogP contribution in [0.4, 0.5) is 0 Å². The third-order valence-electron chi connectivity index (χ3n) is 1.70. The maximum absolute atomic E-state index is 5.40. The molecular weight excluding hydrogens is 100 g/mol. The summed E-state index contributed by atoms with van der Waals surface area (Å²) >= 11 is 0. The molecule has 1 heteroatoms. The molecule has 1 aliphatic carbocycles. The topological polar surface area (TPSA) is 9.23 Å². The lowest BCUT2D eigenvalue weighted by Gasteiger charge is -2.06. The van der Waals surface area contributed by atoms with Crippen LogP contribution in [0.15, 0.2) is 0 Å². The predicted octanol–water partition coefficient (Wildman–Crippen LogP) is 1.97. The maximum atomic E-state index is 5.40. The highest BCUT2D eigenvalue weighted by Gasteiger charge is 2.13. The molecule has 0 aromatic carbocycles. The van der Waals surface area contributed by atoms with E-state index in [1.807, 2.05) is 0 Å². The molecular formula is C7H14O. The van der Waals surface area contributed by atoms with Gasteiger partial charge in [-0.25, -0.2) is 0 Å². The summed E-state index contributed by atoms with van der Waals surface area (Å²) in [6.07, 6.45) is 5.97. The van der Waals surface area contributed by atoms with E-state index in [1.54, 1.807) is 0 Å². The average Bonchev–Trinajstić information content (AvgIpc) is 2.19. The first-order valence-electron chi connectivity index (χ1n) is 3.55. The van der Waals surface area contributed by atoms with Gasteiger partial charge in [-0.2, -0.15) is 0 Å². The lowest BCUT2D eigenvalue weighted by molar-refractivity contribution is 0.0685. The zero-order valence-electron chi connectivity index (χ0n) is 5.52. The Morgan fingerprint density at radius 3 is 2.50 bits per heavy atom. The first-order chi connectivity index (χ1) is 3.93. The Morgan fingerprint density at radius 2 is 2.00 bits per heavy atom. The summed E-state index contributed by atoms with van der Waals surface area (Å²) in [7, 11) is 0. The third-order valence-corrected chi connectivity index (χ3v) is 1.70. The molecule has 0 bridgehead atoms. The normalized spacial score (nSPS) is 22.1. The van der Waals surface area contributed by atoms with Crippen molar-refractivity contribution in [1.29, 1.82) is 0 Å². The van der Waals surface area contributed by atoms with Gasteiger partial charge in [0.05, 0.1) is 6.10 Å². The van der Waals surface area contributed by atoms with Crippen LogP contribution in [0.1, 0.15) is 32.6 Å². The lowest BCUT2D eigenvalue weighted by atomic mass is 10.3. The summed E-state index contributed by atoms with van der Waals surface area (Å²) in [6.45, 7) is 2.96. The van der Waals surface area contributed by atoms with Crippen LogP contribution in [0, 0.1) is 0 Å². The Kier molecular flexibility index (Phi) is 2.34. The Balaban J connectivity index is 2.06. The Hall–Kier alpha value is -0.0400. The van der Waals surface area contributed by atoms with E-state index in [0.29, 0.717) is 6.10 Å². The van der Waals surface area contributed by atoms with E-state index in [1.165, 1.54) is 25.7 Å². The highest BCUT2D eigenvalue weighted by molar-refractivity contribution is 4.65. The van der Waals surface area contributed by atoms with Gasteiger partial charge in [0.15, 0.2) is 0 Å². The van der Waals surface area contributed by atoms with Crippen LogP contribution in [0.2, 0.25) is 0 Å². The molecule has 8 heavy (non-hydrogen) atoms. The third kappa shape index (κ3) is 1.48. The molecule has 48 valence electrons. The number of ether oxygens (including phenoxy) is 1. The molecule has 0 spiro atoms. The Labute approximate surface area is 51.0 Å². The Bertz CT molecular complexity index is 55.4. The van der Waals surface area contributed by atoms with Crippen molar-refractivity contribution in [3.8, 4) is 0 Å². The van der Waals surface area contributed by atoms with Crippen LogP contribution < -0.4 is 0 Å². The monoisotopic (exact) mass is 114 g/mol. The number of rotatable bonds is 2. The maximum Gasteiger partial charge on any atom is 0.0575 e. The van der Waals surface area contributed by atoms with Crippen LogP contribution >= 0.6 is 0 Å². The fourth-order valence-corrected chi connectivity index (χ4v) is 1.29. The minimum absolute atomic E-state index is 0.611. The fourth-order valence-electron chi connectivity index (χ4n) is 1.29. The predicted molar refractivity (Wildman–Crippen MR) is 33.9 cm³/mol. The van der Waals surface area contributed by atoms with Gasteiger partial charge in [-0.3, -0.25) is 0 Å². The average molecular weight is 114 g/mol. The van der Waals surface area contributed by atoms with Gasteiger partial charge in [-0.15, -0.1) is 0 Å². The molecule has 0 unspecified atom stereocenters. The summed E-state index contributed by atoms with van der Waals surface area (Å²) in [6, 6.07) is 0. The summed E-state index contributed by atoms with van der Waals surface area (Å²) < 4.78 is 5.40. The van der Waals surface area contributed by atoms with Crippen LogP contribution in [-0.4, -0.2) is 12.7 Å². The Morgan fingerprint density at radius 1 is 1.38 bits per heavy atom. The minimum Gasteiger partial charge on any atom is -0.379 e. The molecule has 1 fully saturated rings. The second kappa shape index (κ2) is 3.08. The largest absolute Gasteiger partial charge is 0.379 e. The lowest BCUT2D eigenvalue weighted by Crippen LogP contribution is -2.05. The summed E-state index contributed by atoms with van der Waals surface area (Å²) in [5, 5.41) is 0. The minimum atomic E-state index is 0.611. The van der Waals surface area contributed by atoms with Gasteiger partial charge in [-0.1, -0.05) is 12.8 Å². The zero-order valence-corrected chi connectivity index (χ0v) is 5.52. The van der Waals surface area contributed by atoms with Crippen LogP contribution in [0.3, 0.4) is 0 Å². The molecule has 1 aliphatic rings. The van der Waals surface area contributed by atoms with Crippen molar-refractivity contribution >= 4 is 0 Å². The van der Waals surface area contributed by atoms with Gasteiger partial charge < -0.3 is 4.74 Å². The van der Waals surface area contributed by atoms with Gasteiger partial charge in [0.2, 0.25) is 0 Å². The van der Waals surface area contributed by atoms with Crippen LogP contribution in [-0.2, 0) is 4.74 Å². The van der Waals surface area contributed by atoms with E-state index in [2.05, 4.69) is 6.92 Å². The molecule has 0 aromatic rings. The van der Waals surface area contributed by atoms with E-state index in [9.17, 15) is 0 Å². The van der Waals surface area contributed by atoms with Crippen molar-refractivity contribution in [2.45, 2.75) is 38.7 Å². The molecule has 0 heterocycles. The van der Waals surface area contributed by atoms with Gasteiger partial charge in [0.25, 0.3) is 0 Å². The highest BCUT2D eigenvalue weighted by atomic mass is 16.5. The first kappa shape index (κ1) is 6.09. The van der Waals surface area contributed by atoms with Crippen molar-refractivity contribution in [3.05, 3.63) is 0 Å². The molecule has 1 nitrogen and oxygen atoms in total. The first-order valence-corrected chi connectivity index (χ1v) is 3.55. The molecule has 0 amide bonds. The van der Waals surface area contributed by atoms with Gasteiger partial charge in [-0.05, 0) is 19.8 Å². The highest BCUT2D eigenvalue weighted by Crippen LogP contribution is 2.20. The van der Waals surface area contributed by atoms with E-state index < -0.39 is 0 Å². The molecule has 1 rings (SSSR count). The zero-order chi connectivity index (χ0) is 5.82. The van der Waals surface area contributed by atoms with E-state index in [-0.39, 0.29) is 0 Å². The second-order valence-electron chi connectivity index (χ2n) is 2.36. The smallest absolute Gasteiger partial charge is 0.0575 e.